The largest absolute Gasteiger partial charge is 0.315 e. The van der Waals surface area contributed by atoms with Gasteiger partial charge in [-0.3, -0.25) is 0 Å². The van der Waals surface area contributed by atoms with Crippen LogP contribution in [0.3, 0.4) is 0 Å². The summed E-state index contributed by atoms with van der Waals surface area (Å²) in [5.74, 6) is -0.174. The molecule has 0 spiro atoms. The first-order chi connectivity index (χ1) is 9.20. The minimum atomic E-state index is -0.174. The summed E-state index contributed by atoms with van der Waals surface area (Å²) in [6, 6.07) is 15.2. The van der Waals surface area contributed by atoms with Gasteiger partial charge in [0.2, 0.25) is 0 Å². The molecule has 1 N–H and O–H groups in total. The van der Waals surface area contributed by atoms with Gasteiger partial charge in [-0.15, -0.1) is 0 Å². The highest BCUT2D eigenvalue weighted by Gasteiger charge is 2.38. The molecular weight excluding hydrogens is 305 g/mol. The zero-order valence-electron chi connectivity index (χ0n) is 10.5. The molecule has 1 aliphatic heterocycles. The van der Waals surface area contributed by atoms with E-state index in [4.69, 9.17) is 0 Å². The third-order valence-corrected chi connectivity index (χ3v) is 4.64. The Balaban J connectivity index is 1.92. The first-order valence-corrected chi connectivity index (χ1v) is 7.19. The monoisotopic (exact) mass is 319 g/mol. The van der Waals surface area contributed by atoms with Gasteiger partial charge in [0.25, 0.3) is 0 Å². The van der Waals surface area contributed by atoms with Gasteiger partial charge in [-0.25, -0.2) is 4.39 Å². The van der Waals surface area contributed by atoms with Crippen LogP contribution >= 0.6 is 15.9 Å². The molecule has 2 aromatic rings. The maximum Gasteiger partial charge on any atom is 0.123 e. The molecule has 1 heterocycles. The van der Waals surface area contributed by atoms with Crippen LogP contribution < -0.4 is 5.32 Å². The summed E-state index contributed by atoms with van der Waals surface area (Å²) in [5, 5.41) is 3.35. The second kappa shape index (κ2) is 5.06. The van der Waals surface area contributed by atoms with E-state index >= 15 is 0 Å². The molecule has 1 nitrogen and oxygen atoms in total. The van der Waals surface area contributed by atoms with E-state index in [1.807, 2.05) is 18.2 Å². The van der Waals surface area contributed by atoms with E-state index in [1.165, 1.54) is 11.1 Å². The molecule has 0 saturated carbocycles. The topological polar surface area (TPSA) is 12.0 Å². The van der Waals surface area contributed by atoms with Gasteiger partial charge in [-0.2, -0.15) is 0 Å². The van der Waals surface area contributed by atoms with Crippen molar-refractivity contribution in [2.24, 2.45) is 0 Å². The molecule has 2 aromatic carbocycles. The van der Waals surface area contributed by atoms with Crippen LogP contribution in [0.5, 0.6) is 0 Å². The number of halogens is 2. The lowest BCUT2D eigenvalue weighted by Gasteiger charge is -2.43. The Hall–Kier alpha value is -1.19. The molecule has 1 fully saturated rings. The van der Waals surface area contributed by atoms with Gasteiger partial charge in [-0.1, -0.05) is 46.3 Å². The van der Waals surface area contributed by atoms with Gasteiger partial charge >= 0.3 is 0 Å². The predicted molar refractivity (Wildman–Crippen MR) is 78.8 cm³/mol. The molecule has 98 valence electrons. The molecule has 0 atom stereocenters. The van der Waals surface area contributed by atoms with Crippen LogP contribution in [0.2, 0.25) is 0 Å². The first-order valence-electron chi connectivity index (χ1n) is 6.40. The quantitative estimate of drug-likeness (QED) is 0.910. The van der Waals surface area contributed by atoms with Crippen LogP contribution in [0.25, 0.3) is 0 Å². The second-order valence-corrected chi connectivity index (χ2v) is 6.01. The maximum absolute atomic E-state index is 13.1. The fourth-order valence-electron chi connectivity index (χ4n) is 2.67. The van der Waals surface area contributed by atoms with E-state index in [0.29, 0.717) is 0 Å². The van der Waals surface area contributed by atoms with Crippen molar-refractivity contribution in [2.45, 2.75) is 11.8 Å². The first kappa shape index (κ1) is 12.8. The number of nitrogens with one attached hydrogen (secondary N) is 1. The predicted octanol–water partition coefficient (Wildman–Crippen LogP) is 3.67. The Bertz CT molecular complexity index is 576. The van der Waals surface area contributed by atoms with Crippen molar-refractivity contribution in [2.75, 3.05) is 13.1 Å². The molecule has 3 heteroatoms. The summed E-state index contributed by atoms with van der Waals surface area (Å²) in [4.78, 5) is 0. The number of hydrogen-bond donors (Lipinski definition) is 1. The van der Waals surface area contributed by atoms with Gasteiger partial charge in [0.15, 0.2) is 0 Å². The smallest absolute Gasteiger partial charge is 0.123 e. The fourth-order valence-corrected chi connectivity index (χ4v) is 3.09. The molecule has 3 rings (SSSR count). The van der Waals surface area contributed by atoms with Gasteiger partial charge in [0.1, 0.15) is 5.82 Å². The third kappa shape index (κ3) is 2.45. The normalized spacial score (nSPS) is 16.9. The minimum absolute atomic E-state index is 0.0948. The lowest BCUT2D eigenvalue weighted by molar-refractivity contribution is 0.274. The standard InChI is InChI=1S/C16H15BrFN/c17-15-4-2-1-3-12(15)9-16(10-19-11-16)13-5-7-14(18)8-6-13/h1-8,19H,9-11H2. The highest BCUT2D eigenvalue weighted by atomic mass is 79.9. The van der Waals surface area contributed by atoms with Crippen LogP contribution in [0.1, 0.15) is 11.1 Å². The molecule has 0 aromatic heterocycles. The second-order valence-electron chi connectivity index (χ2n) is 5.16. The molecule has 0 bridgehead atoms. The van der Waals surface area contributed by atoms with E-state index < -0.39 is 0 Å². The van der Waals surface area contributed by atoms with Crippen molar-refractivity contribution in [3.05, 3.63) is 69.9 Å². The van der Waals surface area contributed by atoms with E-state index in [-0.39, 0.29) is 11.2 Å². The summed E-state index contributed by atoms with van der Waals surface area (Å²) in [7, 11) is 0. The van der Waals surface area contributed by atoms with Crippen LogP contribution in [0, 0.1) is 5.82 Å². The average Bonchev–Trinajstić information content (AvgIpc) is 2.37. The Morgan fingerprint density at radius 3 is 2.32 bits per heavy atom. The lowest BCUT2D eigenvalue weighted by atomic mass is 9.71. The Morgan fingerprint density at radius 1 is 1.05 bits per heavy atom. The van der Waals surface area contributed by atoms with Crippen molar-refractivity contribution >= 4 is 15.9 Å². The van der Waals surface area contributed by atoms with Gasteiger partial charge in [-0.05, 0) is 35.7 Å². The van der Waals surface area contributed by atoms with Crippen molar-refractivity contribution < 1.29 is 4.39 Å². The molecule has 0 aliphatic carbocycles. The van der Waals surface area contributed by atoms with Crippen molar-refractivity contribution in [3.8, 4) is 0 Å². The molecule has 19 heavy (non-hydrogen) atoms. The molecule has 0 unspecified atom stereocenters. The SMILES string of the molecule is Fc1ccc(C2(Cc3ccccc3Br)CNC2)cc1. The number of hydrogen-bond acceptors (Lipinski definition) is 1. The Kier molecular flexibility index (Phi) is 3.42. The van der Waals surface area contributed by atoms with E-state index in [2.05, 4.69) is 39.4 Å². The van der Waals surface area contributed by atoms with Crippen molar-refractivity contribution in [1.82, 2.24) is 5.32 Å². The summed E-state index contributed by atoms with van der Waals surface area (Å²) in [6.07, 6.45) is 0.965. The van der Waals surface area contributed by atoms with Gasteiger partial charge in [0.05, 0.1) is 0 Å². The maximum atomic E-state index is 13.1. The van der Waals surface area contributed by atoms with Gasteiger partial charge in [0, 0.05) is 23.0 Å². The summed E-state index contributed by atoms with van der Waals surface area (Å²) in [5.41, 5.74) is 2.61. The van der Waals surface area contributed by atoms with E-state index in [1.54, 1.807) is 12.1 Å². The summed E-state index contributed by atoms with van der Waals surface area (Å²) < 4.78 is 14.2. The molecular formula is C16H15BrFN. The summed E-state index contributed by atoms with van der Waals surface area (Å²) >= 11 is 3.61. The van der Waals surface area contributed by atoms with Crippen LogP contribution in [0.15, 0.2) is 53.0 Å². The highest BCUT2D eigenvalue weighted by molar-refractivity contribution is 9.10. The average molecular weight is 320 g/mol. The zero-order chi connectivity index (χ0) is 13.3. The van der Waals surface area contributed by atoms with E-state index in [9.17, 15) is 4.39 Å². The Labute approximate surface area is 121 Å². The third-order valence-electron chi connectivity index (χ3n) is 3.87. The summed E-state index contributed by atoms with van der Waals surface area (Å²) in [6.45, 7) is 1.89. The lowest BCUT2D eigenvalue weighted by Crippen LogP contribution is -2.58. The number of benzene rings is 2. The van der Waals surface area contributed by atoms with Gasteiger partial charge < -0.3 is 5.32 Å². The van der Waals surface area contributed by atoms with Crippen molar-refractivity contribution in [3.63, 3.8) is 0 Å². The molecule has 1 saturated heterocycles. The molecule has 0 amide bonds. The minimum Gasteiger partial charge on any atom is -0.315 e. The molecule has 0 radical (unpaired) electrons. The number of rotatable bonds is 3. The zero-order valence-corrected chi connectivity index (χ0v) is 12.1. The molecule has 1 aliphatic rings. The van der Waals surface area contributed by atoms with Crippen molar-refractivity contribution in [1.29, 1.82) is 0 Å². The highest BCUT2D eigenvalue weighted by Crippen LogP contribution is 2.34. The van der Waals surface area contributed by atoms with Crippen LogP contribution in [-0.2, 0) is 11.8 Å². The fraction of sp³-hybridized carbons (Fsp3) is 0.250. The van der Waals surface area contributed by atoms with Crippen LogP contribution in [0.4, 0.5) is 4.39 Å². The van der Waals surface area contributed by atoms with E-state index in [0.717, 1.165) is 24.0 Å². The van der Waals surface area contributed by atoms with Crippen LogP contribution in [-0.4, -0.2) is 13.1 Å². The Morgan fingerprint density at radius 2 is 1.74 bits per heavy atom.